The Morgan fingerprint density at radius 3 is 2.50 bits per heavy atom. The fourth-order valence-electron chi connectivity index (χ4n) is 1.71. The highest BCUT2D eigenvalue weighted by Gasteiger charge is 2.13. The van der Waals surface area contributed by atoms with Gasteiger partial charge in [-0.05, 0) is 13.1 Å². The highest BCUT2D eigenvalue weighted by Crippen LogP contribution is 2.31. The Morgan fingerprint density at radius 1 is 1.22 bits per heavy atom. The molecular weight excluding hydrogens is 234 g/mol. The van der Waals surface area contributed by atoms with Crippen molar-refractivity contribution >= 4 is 5.97 Å². The van der Waals surface area contributed by atoms with E-state index in [2.05, 4.69) is 4.74 Å². The van der Waals surface area contributed by atoms with Gasteiger partial charge in [-0.1, -0.05) is 12.1 Å². The van der Waals surface area contributed by atoms with Crippen molar-refractivity contribution in [3.05, 3.63) is 23.8 Å². The Balaban J connectivity index is 2.80. The number of esters is 1. The van der Waals surface area contributed by atoms with Gasteiger partial charge in [-0.3, -0.25) is 9.69 Å². The van der Waals surface area contributed by atoms with Crippen molar-refractivity contribution in [2.45, 2.75) is 6.54 Å². The van der Waals surface area contributed by atoms with Crippen LogP contribution in [0.25, 0.3) is 0 Å². The van der Waals surface area contributed by atoms with Gasteiger partial charge in [0, 0.05) is 12.1 Å². The molecule has 0 N–H and O–H groups in total. The highest BCUT2D eigenvalue weighted by molar-refractivity contribution is 5.71. The number of nitrogens with zero attached hydrogens (tertiary/aromatic N) is 1. The van der Waals surface area contributed by atoms with Crippen LogP contribution in [-0.4, -0.2) is 45.8 Å². The normalized spacial score (nSPS) is 10.3. The van der Waals surface area contributed by atoms with E-state index < -0.39 is 0 Å². The van der Waals surface area contributed by atoms with Gasteiger partial charge >= 0.3 is 5.97 Å². The molecule has 0 bridgehead atoms. The molecule has 5 heteroatoms. The Morgan fingerprint density at radius 2 is 1.94 bits per heavy atom. The molecule has 0 aromatic heterocycles. The number of ether oxygens (including phenoxy) is 3. The van der Waals surface area contributed by atoms with Crippen molar-refractivity contribution in [1.82, 2.24) is 4.90 Å². The van der Waals surface area contributed by atoms with E-state index in [1.807, 2.05) is 30.1 Å². The summed E-state index contributed by atoms with van der Waals surface area (Å²) in [5.74, 6) is 1.11. The van der Waals surface area contributed by atoms with Gasteiger partial charge in [0.05, 0.1) is 27.9 Å². The van der Waals surface area contributed by atoms with E-state index in [0.717, 1.165) is 5.56 Å². The summed E-state index contributed by atoms with van der Waals surface area (Å²) in [6.45, 7) is 0.812. The first-order valence-corrected chi connectivity index (χ1v) is 5.57. The minimum atomic E-state index is -0.264. The van der Waals surface area contributed by atoms with Crippen LogP contribution in [0.15, 0.2) is 18.2 Å². The van der Waals surface area contributed by atoms with Crippen LogP contribution in [-0.2, 0) is 16.1 Å². The average Bonchev–Trinajstić information content (AvgIpc) is 2.37. The molecule has 0 radical (unpaired) electrons. The Hall–Kier alpha value is -1.75. The first-order valence-electron chi connectivity index (χ1n) is 5.57. The topological polar surface area (TPSA) is 48.0 Å². The quantitative estimate of drug-likeness (QED) is 0.715. The summed E-state index contributed by atoms with van der Waals surface area (Å²) in [6, 6.07) is 5.67. The van der Waals surface area contributed by atoms with Gasteiger partial charge in [-0.15, -0.1) is 0 Å². The third kappa shape index (κ3) is 3.63. The van der Waals surface area contributed by atoms with Gasteiger partial charge in [0.1, 0.15) is 0 Å². The number of methoxy groups -OCH3 is 3. The smallest absolute Gasteiger partial charge is 0.319 e. The maximum Gasteiger partial charge on any atom is 0.319 e. The minimum Gasteiger partial charge on any atom is -0.493 e. The fourth-order valence-corrected chi connectivity index (χ4v) is 1.71. The second-order valence-corrected chi connectivity index (χ2v) is 3.90. The average molecular weight is 253 g/mol. The molecule has 0 spiro atoms. The molecule has 1 rings (SSSR count). The molecule has 5 nitrogen and oxygen atoms in total. The van der Waals surface area contributed by atoms with Crippen molar-refractivity contribution in [3.8, 4) is 11.5 Å². The number of hydrogen-bond acceptors (Lipinski definition) is 5. The summed E-state index contributed by atoms with van der Waals surface area (Å²) in [7, 11) is 6.42. The molecule has 100 valence electrons. The second kappa shape index (κ2) is 6.86. The van der Waals surface area contributed by atoms with E-state index >= 15 is 0 Å². The van der Waals surface area contributed by atoms with Crippen molar-refractivity contribution < 1.29 is 19.0 Å². The van der Waals surface area contributed by atoms with E-state index in [1.165, 1.54) is 7.11 Å². The third-order valence-electron chi connectivity index (χ3n) is 2.55. The maximum absolute atomic E-state index is 11.2. The summed E-state index contributed by atoms with van der Waals surface area (Å²) in [6.07, 6.45) is 0. The monoisotopic (exact) mass is 253 g/mol. The van der Waals surface area contributed by atoms with E-state index in [-0.39, 0.29) is 12.5 Å². The maximum atomic E-state index is 11.2. The van der Waals surface area contributed by atoms with Crippen LogP contribution >= 0.6 is 0 Å². The Bertz CT molecular complexity index is 406. The predicted molar refractivity (Wildman–Crippen MR) is 67.9 cm³/mol. The lowest BCUT2D eigenvalue weighted by Crippen LogP contribution is -2.26. The lowest BCUT2D eigenvalue weighted by molar-refractivity contribution is -0.141. The van der Waals surface area contributed by atoms with Gasteiger partial charge in [0.15, 0.2) is 11.5 Å². The standard InChI is InChI=1S/C13H19NO4/c1-14(9-12(15)17-3)8-10-6-5-7-11(16-2)13(10)18-4/h5-7H,8-9H2,1-4H3. The molecule has 1 aromatic rings. The molecule has 0 atom stereocenters. The Labute approximate surface area is 107 Å². The van der Waals surface area contributed by atoms with E-state index in [1.54, 1.807) is 14.2 Å². The molecular formula is C13H19NO4. The van der Waals surface area contributed by atoms with Crippen molar-refractivity contribution in [3.63, 3.8) is 0 Å². The van der Waals surface area contributed by atoms with Crippen molar-refractivity contribution in [2.24, 2.45) is 0 Å². The molecule has 0 saturated carbocycles. The lowest BCUT2D eigenvalue weighted by Gasteiger charge is -2.18. The van der Waals surface area contributed by atoms with Gasteiger partial charge in [-0.25, -0.2) is 0 Å². The van der Waals surface area contributed by atoms with Crippen molar-refractivity contribution in [1.29, 1.82) is 0 Å². The van der Waals surface area contributed by atoms with Gasteiger partial charge < -0.3 is 14.2 Å². The molecule has 0 aliphatic heterocycles. The zero-order valence-electron chi connectivity index (χ0n) is 11.2. The molecule has 0 fully saturated rings. The van der Waals surface area contributed by atoms with Crippen LogP contribution in [0.1, 0.15) is 5.56 Å². The van der Waals surface area contributed by atoms with E-state index in [4.69, 9.17) is 9.47 Å². The van der Waals surface area contributed by atoms with Crippen LogP contribution in [0.4, 0.5) is 0 Å². The zero-order chi connectivity index (χ0) is 13.5. The summed E-state index contributed by atoms with van der Waals surface area (Å²) < 4.78 is 15.2. The van der Waals surface area contributed by atoms with Gasteiger partial charge in [0.2, 0.25) is 0 Å². The molecule has 0 unspecified atom stereocenters. The summed E-state index contributed by atoms with van der Waals surface area (Å²) in [4.78, 5) is 13.0. The molecule has 0 aliphatic rings. The molecule has 0 aliphatic carbocycles. The first kappa shape index (κ1) is 14.3. The summed E-state index contributed by atoms with van der Waals surface area (Å²) in [5.41, 5.74) is 0.961. The molecule has 0 amide bonds. The lowest BCUT2D eigenvalue weighted by atomic mass is 10.1. The molecule has 1 aromatic carbocycles. The molecule has 18 heavy (non-hydrogen) atoms. The Kier molecular flexibility index (Phi) is 5.45. The number of carbonyl (C=O) groups is 1. The van der Waals surface area contributed by atoms with Crippen molar-refractivity contribution in [2.75, 3.05) is 34.9 Å². The highest BCUT2D eigenvalue weighted by atomic mass is 16.5. The van der Waals surface area contributed by atoms with Gasteiger partial charge in [-0.2, -0.15) is 0 Å². The number of para-hydroxylation sites is 1. The van der Waals surface area contributed by atoms with Crippen LogP contribution in [0.2, 0.25) is 0 Å². The first-order chi connectivity index (χ1) is 8.62. The number of hydrogen-bond donors (Lipinski definition) is 0. The van der Waals surface area contributed by atoms with E-state index in [9.17, 15) is 4.79 Å². The summed E-state index contributed by atoms with van der Waals surface area (Å²) >= 11 is 0. The third-order valence-corrected chi connectivity index (χ3v) is 2.55. The largest absolute Gasteiger partial charge is 0.493 e. The van der Waals surface area contributed by atoms with E-state index in [0.29, 0.717) is 18.0 Å². The number of rotatable bonds is 6. The van der Waals surface area contributed by atoms with Crippen LogP contribution in [0, 0.1) is 0 Å². The second-order valence-electron chi connectivity index (χ2n) is 3.90. The molecule has 0 saturated heterocycles. The number of benzene rings is 1. The zero-order valence-corrected chi connectivity index (χ0v) is 11.2. The van der Waals surface area contributed by atoms with Crippen LogP contribution in [0.3, 0.4) is 0 Å². The number of carbonyl (C=O) groups excluding carboxylic acids is 1. The van der Waals surface area contributed by atoms with Gasteiger partial charge in [0.25, 0.3) is 0 Å². The van der Waals surface area contributed by atoms with Crippen LogP contribution < -0.4 is 9.47 Å². The van der Waals surface area contributed by atoms with Crippen LogP contribution in [0.5, 0.6) is 11.5 Å². The molecule has 0 heterocycles. The predicted octanol–water partition coefficient (Wildman–Crippen LogP) is 1.31. The fraction of sp³-hybridized carbons (Fsp3) is 0.462. The number of likely N-dealkylation sites (N-methyl/N-ethyl adjacent to an activating group) is 1. The minimum absolute atomic E-state index is 0.233. The SMILES string of the molecule is COC(=O)CN(C)Cc1cccc(OC)c1OC. The summed E-state index contributed by atoms with van der Waals surface area (Å²) in [5, 5.41) is 0.